The first-order valence-corrected chi connectivity index (χ1v) is 6.00. The van der Waals surface area contributed by atoms with Crippen LogP contribution in [0.1, 0.15) is 19.3 Å². The van der Waals surface area contributed by atoms with E-state index in [1.165, 1.54) is 0 Å². The van der Waals surface area contributed by atoms with E-state index in [2.05, 4.69) is 10.6 Å². The summed E-state index contributed by atoms with van der Waals surface area (Å²) in [5, 5.41) is 39.8. The molecule has 0 radical (unpaired) electrons. The first kappa shape index (κ1) is 18.8. The third-order valence-corrected chi connectivity index (χ3v) is 2.65. The van der Waals surface area contributed by atoms with Gasteiger partial charge in [0.25, 0.3) is 0 Å². The number of aliphatic carboxylic acids is 4. The lowest BCUT2D eigenvalue weighted by molar-refractivity contribution is -0.144. The van der Waals surface area contributed by atoms with Crippen LogP contribution >= 0.6 is 0 Å². The van der Waals surface area contributed by atoms with Gasteiger partial charge in [-0.05, 0) is 13.0 Å². The molecule has 0 aliphatic carbocycles. The van der Waals surface area contributed by atoms with Gasteiger partial charge in [0.1, 0.15) is 0 Å². The average molecular weight is 306 g/mol. The zero-order valence-corrected chi connectivity index (χ0v) is 11.2. The first-order chi connectivity index (χ1) is 9.67. The van der Waals surface area contributed by atoms with Gasteiger partial charge in [0.05, 0.1) is 25.9 Å². The molecule has 0 rings (SSSR count). The molecule has 0 amide bonds. The summed E-state index contributed by atoms with van der Waals surface area (Å²) in [6.45, 7) is -0.936. The molecule has 0 spiro atoms. The molecule has 21 heavy (non-hydrogen) atoms. The van der Waals surface area contributed by atoms with E-state index in [1.54, 1.807) is 0 Å². The molecule has 10 nitrogen and oxygen atoms in total. The Morgan fingerprint density at radius 1 is 0.762 bits per heavy atom. The van der Waals surface area contributed by atoms with Crippen molar-refractivity contribution >= 4 is 23.9 Å². The SMILES string of the molecule is O=C(O)CNCCC(CC(=O)O)(CC(=O)O)NCC(=O)O. The van der Waals surface area contributed by atoms with Crippen LogP contribution in [0, 0.1) is 0 Å². The molecular weight excluding hydrogens is 288 g/mol. The van der Waals surface area contributed by atoms with E-state index < -0.39 is 48.8 Å². The van der Waals surface area contributed by atoms with Crippen LogP contribution in [0.15, 0.2) is 0 Å². The van der Waals surface area contributed by atoms with Crippen LogP contribution in [0.5, 0.6) is 0 Å². The molecule has 0 aromatic rings. The van der Waals surface area contributed by atoms with Crippen molar-refractivity contribution in [2.75, 3.05) is 19.6 Å². The molecule has 0 bridgehead atoms. The molecule has 0 aromatic heterocycles. The van der Waals surface area contributed by atoms with E-state index in [0.29, 0.717) is 0 Å². The number of hydrogen-bond acceptors (Lipinski definition) is 6. The van der Waals surface area contributed by atoms with Crippen LogP contribution < -0.4 is 10.6 Å². The van der Waals surface area contributed by atoms with E-state index in [0.717, 1.165) is 0 Å². The number of hydrogen-bond donors (Lipinski definition) is 6. The lowest BCUT2D eigenvalue weighted by Gasteiger charge is -2.32. The molecule has 120 valence electrons. The zero-order chi connectivity index (χ0) is 16.5. The number of carboxylic acids is 4. The van der Waals surface area contributed by atoms with Gasteiger partial charge in [-0.2, -0.15) is 0 Å². The van der Waals surface area contributed by atoms with Gasteiger partial charge in [0.15, 0.2) is 0 Å². The summed E-state index contributed by atoms with van der Waals surface area (Å²) in [6.07, 6.45) is -1.24. The van der Waals surface area contributed by atoms with Gasteiger partial charge in [-0.25, -0.2) is 0 Å². The minimum absolute atomic E-state index is 0.0273. The first-order valence-electron chi connectivity index (χ1n) is 6.00. The molecule has 0 atom stereocenters. The Morgan fingerprint density at radius 3 is 1.62 bits per heavy atom. The Kier molecular flexibility index (Phi) is 7.94. The second-order valence-corrected chi connectivity index (χ2v) is 4.49. The second kappa shape index (κ2) is 8.87. The highest BCUT2D eigenvalue weighted by atomic mass is 16.4. The van der Waals surface area contributed by atoms with Crippen molar-refractivity contribution in [2.24, 2.45) is 0 Å². The highest BCUT2D eigenvalue weighted by molar-refractivity contribution is 5.74. The van der Waals surface area contributed by atoms with Crippen molar-refractivity contribution in [3.8, 4) is 0 Å². The summed E-state index contributed by atoms with van der Waals surface area (Å²) in [6, 6.07) is 0. The molecule has 0 saturated carbocycles. The lowest BCUT2D eigenvalue weighted by atomic mass is 9.87. The van der Waals surface area contributed by atoms with Crippen LogP contribution in [-0.4, -0.2) is 69.5 Å². The van der Waals surface area contributed by atoms with Crippen molar-refractivity contribution in [3.05, 3.63) is 0 Å². The highest BCUT2D eigenvalue weighted by Gasteiger charge is 2.35. The van der Waals surface area contributed by atoms with Gasteiger partial charge in [0, 0.05) is 5.54 Å². The molecule has 0 heterocycles. The van der Waals surface area contributed by atoms with Crippen LogP contribution in [-0.2, 0) is 19.2 Å². The molecule has 0 saturated heterocycles. The molecule has 0 fully saturated rings. The molecule has 0 aromatic carbocycles. The smallest absolute Gasteiger partial charge is 0.317 e. The van der Waals surface area contributed by atoms with Crippen molar-refractivity contribution < 1.29 is 39.6 Å². The van der Waals surface area contributed by atoms with Crippen LogP contribution in [0.25, 0.3) is 0 Å². The van der Waals surface area contributed by atoms with E-state index in [9.17, 15) is 19.2 Å². The van der Waals surface area contributed by atoms with Crippen LogP contribution in [0.2, 0.25) is 0 Å². The molecule has 10 heteroatoms. The Morgan fingerprint density at radius 2 is 1.24 bits per heavy atom. The van der Waals surface area contributed by atoms with Gasteiger partial charge in [-0.1, -0.05) is 0 Å². The molecule has 6 N–H and O–H groups in total. The van der Waals surface area contributed by atoms with E-state index in [-0.39, 0.29) is 19.5 Å². The predicted molar refractivity (Wildman–Crippen MR) is 68.0 cm³/mol. The Hall–Kier alpha value is -2.20. The second-order valence-electron chi connectivity index (χ2n) is 4.49. The summed E-state index contributed by atoms with van der Waals surface area (Å²) in [7, 11) is 0. The Labute approximate surface area is 119 Å². The third kappa shape index (κ3) is 9.35. The van der Waals surface area contributed by atoms with Gasteiger partial charge in [-0.3, -0.25) is 19.2 Å². The standard InChI is InChI=1S/C11H18N2O8/c14-7(15)3-11(4-8(16)17,13-6-10(20)21)1-2-12-5-9(18)19/h12-13H,1-6H2,(H,14,15)(H,16,17)(H,18,19)(H,20,21). The third-order valence-electron chi connectivity index (χ3n) is 2.65. The zero-order valence-electron chi connectivity index (χ0n) is 11.2. The van der Waals surface area contributed by atoms with Crippen LogP contribution in [0.3, 0.4) is 0 Å². The molecule has 0 unspecified atom stereocenters. The van der Waals surface area contributed by atoms with Gasteiger partial charge < -0.3 is 31.1 Å². The summed E-state index contributed by atoms with van der Waals surface area (Å²) in [4.78, 5) is 42.7. The van der Waals surface area contributed by atoms with E-state index in [1.807, 2.05) is 0 Å². The number of carboxylic acid groups (broad SMARTS) is 4. The summed E-state index contributed by atoms with van der Waals surface area (Å²) < 4.78 is 0. The summed E-state index contributed by atoms with van der Waals surface area (Å²) >= 11 is 0. The topological polar surface area (TPSA) is 173 Å². The maximum atomic E-state index is 10.9. The fraction of sp³-hybridized carbons (Fsp3) is 0.636. The quantitative estimate of drug-likeness (QED) is 0.231. The number of nitrogens with one attached hydrogen (secondary N) is 2. The lowest BCUT2D eigenvalue weighted by Crippen LogP contribution is -2.52. The predicted octanol–water partition coefficient (Wildman–Crippen LogP) is -1.59. The molecule has 0 aliphatic rings. The van der Waals surface area contributed by atoms with E-state index >= 15 is 0 Å². The monoisotopic (exact) mass is 306 g/mol. The summed E-state index contributed by atoms with van der Waals surface area (Å²) in [5.74, 6) is -4.94. The van der Waals surface area contributed by atoms with E-state index in [4.69, 9.17) is 20.4 Å². The van der Waals surface area contributed by atoms with Crippen molar-refractivity contribution in [2.45, 2.75) is 24.8 Å². The van der Waals surface area contributed by atoms with Crippen LogP contribution in [0.4, 0.5) is 0 Å². The normalized spacial score (nSPS) is 11.0. The minimum Gasteiger partial charge on any atom is -0.481 e. The minimum atomic E-state index is -1.47. The van der Waals surface area contributed by atoms with Gasteiger partial charge in [0.2, 0.25) is 0 Å². The van der Waals surface area contributed by atoms with Gasteiger partial charge >= 0.3 is 23.9 Å². The average Bonchev–Trinajstić information content (AvgIpc) is 2.30. The maximum absolute atomic E-state index is 10.9. The number of carbonyl (C=O) groups is 4. The molecule has 0 aliphatic heterocycles. The highest BCUT2D eigenvalue weighted by Crippen LogP contribution is 2.20. The van der Waals surface area contributed by atoms with Gasteiger partial charge in [-0.15, -0.1) is 0 Å². The van der Waals surface area contributed by atoms with Crippen molar-refractivity contribution in [3.63, 3.8) is 0 Å². The fourth-order valence-corrected chi connectivity index (χ4v) is 1.82. The summed E-state index contributed by atoms with van der Waals surface area (Å²) in [5.41, 5.74) is -1.47. The number of rotatable bonds is 12. The maximum Gasteiger partial charge on any atom is 0.317 e. The van der Waals surface area contributed by atoms with Crippen molar-refractivity contribution in [1.82, 2.24) is 10.6 Å². The largest absolute Gasteiger partial charge is 0.481 e. The fourth-order valence-electron chi connectivity index (χ4n) is 1.82. The Balaban J connectivity index is 4.86. The van der Waals surface area contributed by atoms with Crippen molar-refractivity contribution in [1.29, 1.82) is 0 Å². The molecular formula is C11H18N2O8. The Bertz CT molecular complexity index is 393.